The van der Waals surface area contributed by atoms with Gasteiger partial charge in [0.25, 0.3) is 0 Å². The van der Waals surface area contributed by atoms with E-state index in [-0.39, 0.29) is 0 Å². The number of nitrogens with zero attached hydrogens (tertiary/aromatic N) is 1. The first kappa shape index (κ1) is 13.9. The number of hydrogen-bond donors (Lipinski definition) is 1. The highest BCUT2D eigenvalue weighted by Gasteiger charge is 2.19. The highest BCUT2D eigenvalue weighted by Crippen LogP contribution is 2.25. The molecule has 0 saturated carbocycles. The summed E-state index contributed by atoms with van der Waals surface area (Å²) in [6.45, 7) is 9.33. The fourth-order valence-corrected chi connectivity index (χ4v) is 2.89. The van der Waals surface area contributed by atoms with Gasteiger partial charge in [0.05, 0.1) is 0 Å². The van der Waals surface area contributed by atoms with E-state index >= 15 is 0 Å². The second-order valence-electron chi connectivity index (χ2n) is 5.76. The number of anilines is 1. The van der Waals surface area contributed by atoms with Gasteiger partial charge >= 0.3 is 0 Å². The normalized spacial score (nSPS) is 18.0. The summed E-state index contributed by atoms with van der Waals surface area (Å²) in [6.07, 6.45) is 0. The summed E-state index contributed by atoms with van der Waals surface area (Å²) in [4.78, 5) is 2.44. The third-order valence-corrected chi connectivity index (χ3v) is 4.03. The van der Waals surface area contributed by atoms with Crippen LogP contribution in [0.2, 0.25) is 0 Å². The van der Waals surface area contributed by atoms with Crippen molar-refractivity contribution >= 4 is 11.3 Å². The van der Waals surface area contributed by atoms with Crippen LogP contribution < -0.4 is 10.2 Å². The lowest BCUT2D eigenvalue weighted by atomic mass is 10.1. The summed E-state index contributed by atoms with van der Waals surface area (Å²) in [5.74, 6) is 0. The molecule has 21 heavy (non-hydrogen) atoms. The molecule has 0 aromatic heterocycles. The van der Waals surface area contributed by atoms with E-state index in [1.807, 2.05) is 6.07 Å². The predicted octanol–water partition coefficient (Wildman–Crippen LogP) is 3.70. The predicted molar refractivity (Wildman–Crippen MR) is 90.4 cm³/mol. The molecule has 3 rings (SSSR count). The largest absolute Gasteiger partial charge is 0.365 e. The first-order valence-corrected chi connectivity index (χ1v) is 7.53. The van der Waals surface area contributed by atoms with Crippen LogP contribution in [0.25, 0.3) is 5.57 Å². The molecule has 108 valence electrons. The minimum absolute atomic E-state index is 0.473. The molecule has 1 N–H and O–H groups in total. The van der Waals surface area contributed by atoms with Crippen LogP contribution in [0, 0.1) is 0 Å². The Balaban J connectivity index is 1.85. The molecular formula is C19H22N2. The lowest BCUT2D eigenvalue weighted by Crippen LogP contribution is -2.36. The van der Waals surface area contributed by atoms with Gasteiger partial charge in [0, 0.05) is 31.4 Å². The highest BCUT2D eigenvalue weighted by atomic mass is 15.2. The Morgan fingerprint density at radius 1 is 1.14 bits per heavy atom. The van der Waals surface area contributed by atoms with Crippen molar-refractivity contribution in [2.24, 2.45) is 0 Å². The van der Waals surface area contributed by atoms with Crippen LogP contribution >= 0.6 is 0 Å². The first-order valence-electron chi connectivity index (χ1n) is 7.53. The molecule has 2 nitrogen and oxygen atoms in total. The van der Waals surface area contributed by atoms with E-state index in [0.29, 0.717) is 6.04 Å². The zero-order chi connectivity index (χ0) is 14.7. The molecule has 0 saturated heterocycles. The average molecular weight is 278 g/mol. The van der Waals surface area contributed by atoms with Crippen molar-refractivity contribution in [2.75, 3.05) is 18.0 Å². The van der Waals surface area contributed by atoms with Crippen LogP contribution in [0.4, 0.5) is 5.69 Å². The standard InChI is InChI=1S/C19H22N2/c1-15(17-8-4-3-5-9-17)13-21-14-16(2)20-12-18-10-6-7-11-19(18)21/h3-11,16,20H,1,12-14H2,2H3. The van der Waals surface area contributed by atoms with Crippen molar-refractivity contribution in [1.29, 1.82) is 0 Å². The molecule has 2 heteroatoms. The van der Waals surface area contributed by atoms with Gasteiger partial charge in [-0.1, -0.05) is 55.1 Å². The Labute approximate surface area is 127 Å². The van der Waals surface area contributed by atoms with Crippen molar-refractivity contribution < 1.29 is 0 Å². The summed E-state index contributed by atoms with van der Waals surface area (Å²) in [5, 5.41) is 3.57. The van der Waals surface area contributed by atoms with Gasteiger partial charge in [-0.05, 0) is 29.7 Å². The number of benzene rings is 2. The molecule has 1 atom stereocenters. The SMILES string of the molecule is C=C(CN1CC(C)NCc2ccccc21)c1ccccc1. The lowest BCUT2D eigenvalue weighted by molar-refractivity contribution is 0.559. The van der Waals surface area contributed by atoms with E-state index in [4.69, 9.17) is 0 Å². The summed E-state index contributed by atoms with van der Waals surface area (Å²) in [5.41, 5.74) is 5.08. The van der Waals surface area contributed by atoms with E-state index in [1.54, 1.807) is 0 Å². The molecule has 1 unspecified atom stereocenters. The second kappa shape index (κ2) is 6.15. The highest BCUT2D eigenvalue weighted by molar-refractivity contribution is 5.69. The first-order chi connectivity index (χ1) is 10.2. The van der Waals surface area contributed by atoms with Crippen molar-refractivity contribution in [2.45, 2.75) is 19.5 Å². The second-order valence-corrected chi connectivity index (χ2v) is 5.76. The van der Waals surface area contributed by atoms with Crippen molar-refractivity contribution in [3.05, 3.63) is 72.3 Å². The van der Waals surface area contributed by atoms with E-state index in [0.717, 1.165) is 19.6 Å². The number of fused-ring (bicyclic) bond motifs is 1. The van der Waals surface area contributed by atoms with E-state index in [2.05, 4.69) is 72.3 Å². The fourth-order valence-electron chi connectivity index (χ4n) is 2.89. The summed E-state index contributed by atoms with van der Waals surface area (Å²) in [6, 6.07) is 19.6. The molecule has 1 heterocycles. The number of nitrogens with one attached hydrogen (secondary N) is 1. The van der Waals surface area contributed by atoms with E-state index in [1.165, 1.54) is 22.4 Å². The van der Waals surface area contributed by atoms with Crippen LogP contribution in [0.3, 0.4) is 0 Å². The molecule has 0 spiro atoms. The molecule has 1 aliphatic rings. The Hall–Kier alpha value is -2.06. The fraction of sp³-hybridized carbons (Fsp3) is 0.263. The van der Waals surface area contributed by atoms with Crippen LogP contribution in [0.15, 0.2) is 61.2 Å². The zero-order valence-corrected chi connectivity index (χ0v) is 12.5. The molecule has 2 aromatic rings. The minimum atomic E-state index is 0.473. The molecule has 0 bridgehead atoms. The number of rotatable bonds is 3. The summed E-state index contributed by atoms with van der Waals surface area (Å²) >= 11 is 0. The van der Waals surface area contributed by atoms with Gasteiger partial charge in [-0.3, -0.25) is 0 Å². The maximum atomic E-state index is 4.29. The van der Waals surface area contributed by atoms with Gasteiger partial charge < -0.3 is 10.2 Å². The van der Waals surface area contributed by atoms with Crippen LogP contribution in [0.1, 0.15) is 18.1 Å². The zero-order valence-electron chi connectivity index (χ0n) is 12.5. The summed E-state index contributed by atoms with van der Waals surface area (Å²) in [7, 11) is 0. The number of para-hydroxylation sites is 1. The average Bonchev–Trinajstić information content (AvgIpc) is 2.68. The molecule has 1 aliphatic heterocycles. The van der Waals surface area contributed by atoms with Crippen molar-refractivity contribution in [3.8, 4) is 0 Å². The maximum Gasteiger partial charge on any atom is 0.0430 e. The molecule has 0 aliphatic carbocycles. The quantitative estimate of drug-likeness (QED) is 0.921. The van der Waals surface area contributed by atoms with Crippen LogP contribution in [0.5, 0.6) is 0 Å². The van der Waals surface area contributed by atoms with Crippen LogP contribution in [-0.2, 0) is 6.54 Å². The molecular weight excluding hydrogens is 256 g/mol. The summed E-state index contributed by atoms with van der Waals surface area (Å²) < 4.78 is 0. The topological polar surface area (TPSA) is 15.3 Å². The molecule has 0 radical (unpaired) electrons. The lowest BCUT2D eigenvalue weighted by Gasteiger charge is -2.27. The van der Waals surface area contributed by atoms with Gasteiger partial charge in [-0.25, -0.2) is 0 Å². The number of hydrogen-bond acceptors (Lipinski definition) is 2. The maximum absolute atomic E-state index is 4.29. The van der Waals surface area contributed by atoms with E-state index in [9.17, 15) is 0 Å². The Kier molecular flexibility index (Phi) is 4.07. The third kappa shape index (κ3) is 3.17. The minimum Gasteiger partial charge on any atom is -0.365 e. The Bertz CT molecular complexity index is 618. The van der Waals surface area contributed by atoms with Crippen LogP contribution in [-0.4, -0.2) is 19.1 Å². The molecule has 0 amide bonds. The van der Waals surface area contributed by atoms with Gasteiger partial charge in [0.2, 0.25) is 0 Å². The van der Waals surface area contributed by atoms with E-state index < -0.39 is 0 Å². The van der Waals surface area contributed by atoms with Crippen molar-refractivity contribution in [1.82, 2.24) is 5.32 Å². The van der Waals surface area contributed by atoms with Gasteiger partial charge in [0.1, 0.15) is 0 Å². The monoisotopic (exact) mass is 278 g/mol. The van der Waals surface area contributed by atoms with Gasteiger partial charge in [0.15, 0.2) is 0 Å². The molecule has 0 fully saturated rings. The van der Waals surface area contributed by atoms with Crippen molar-refractivity contribution in [3.63, 3.8) is 0 Å². The molecule has 2 aromatic carbocycles. The van der Waals surface area contributed by atoms with Gasteiger partial charge in [-0.15, -0.1) is 0 Å². The smallest absolute Gasteiger partial charge is 0.0430 e. The Morgan fingerprint density at radius 3 is 2.67 bits per heavy atom. The Morgan fingerprint density at radius 2 is 1.86 bits per heavy atom. The van der Waals surface area contributed by atoms with Gasteiger partial charge in [-0.2, -0.15) is 0 Å². The third-order valence-electron chi connectivity index (χ3n) is 4.03.